The van der Waals surface area contributed by atoms with Crippen LogP contribution in [0.4, 0.5) is 5.69 Å². The Morgan fingerprint density at radius 3 is 2.22 bits per heavy atom. The summed E-state index contributed by atoms with van der Waals surface area (Å²) in [5.74, 6) is 1.57. The Bertz CT molecular complexity index is 1350. The van der Waals surface area contributed by atoms with Crippen LogP contribution in [0.3, 0.4) is 0 Å². The van der Waals surface area contributed by atoms with E-state index in [1.807, 2.05) is 60.9 Å². The smallest absolute Gasteiger partial charge is 0.234 e. The zero-order chi connectivity index (χ0) is 26.6. The lowest BCUT2D eigenvalue weighted by molar-refractivity contribution is -0.113. The quantitative estimate of drug-likeness (QED) is 0.262. The Morgan fingerprint density at radius 1 is 0.946 bits per heavy atom. The number of hydrogen-bond donors (Lipinski definition) is 1. The highest BCUT2D eigenvalue weighted by Gasteiger charge is 2.18. The van der Waals surface area contributed by atoms with E-state index in [0.717, 1.165) is 28.3 Å². The topological polar surface area (TPSA) is 69.0 Å². The second-order valence-corrected chi connectivity index (χ2v) is 11.2. The molecule has 1 aromatic heterocycles. The number of amides is 1. The molecule has 0 fully saturated rings. The van der Waals surface area contributed by atoms with E-state index < -0.39 is 0 Å². The fourth-order valence-electron chi connectivity index (χ4n) is 4.21. The van der Waals surface area contributed by atoms with Crippen LogP contribution in [0, 0.1) is 20.8 Å². The van der Waals surface area contributed by atoms with Gasteiger partial charge in [0.15, 0.2) is 11.0 Å². The number of carbonyl (C=O) groups is 1. The van der Waals surface area contributed by atoms with Crippen molar-refractivity contribution in [2.24, 2.45) is 0 Å². The Morgan fingerprint density at radius 2 is 1.59 bits per heavy atom. The lowest BCUT2D eigenvalue weighted by Gasteiger charge is -2.19. The first-order chi connectivity index (χ1) is 17.6. The molecule has 1 heterocycles. The Hall–Kier alpha value is -3.58. The molecule has 0 aliphatic carbocycles. The van der Waals surface area contributed by atoms with E-state index in [2.05, 4.69) is 67.5 Å². The van der Waals surface area contributed by atoms with Gasteiger partial charge in [-0.1, -0.05) is 80.6 Å². The third-order valence-corrected chi connectivity index (χ3v) is 7.01. The molecule has 0 aliphatic heterocycles. The fourth-order valence-corrected chi connectivity index (χ4v) is 4.98. The number of rotatable bonds is 8. The lowest BCUT2D eigenvalue weighted by atomic mass is 9.87. The number of anilines is 1. The number of ether oxygens (including phenoxy) is 1. The molecule has 4 aromatic rings. The summed E-state index contributed by atoms with van der Waals surface area (Å²) in [5.41, 5.74) is 6.41. The van der Waals surface area contributed by atoms with Crippen molar-refractivity contribution in [3.63, 3.8) is 0 Å². The van der Waals surface area contributed by atoms with E-state index in [4.69, 9.17) is 4.74 Å². The van der Waals surface area contributed by atoms with Gasteiger partial charge in [-0.15, -0.1) is 10.2 Å². The number of hydrogen-bond acceptors (Lipinski definition) is 5. The summed E-state index contributed by atoms with van der Waals surface area (Å²) in [6.45, 7) is 12.9. The average Bonchev–Trinajstić information content (AvgIpc) is 3.26. The molecule has 0 radical (unpaired) electrons. The standard InChI is InChI=1S/C30H34N4O2S/c1-20-16-21(2)28(22(3)17-20)31-27(35)19-37-29-33-32-26(34(29)24-10-8-7-9-11-24)18-36-25-14-12-23(13-15-25)30(4,5)6/h7-17H,18-19H2,1-6H3,(H,31,35). The summed E-state index contributed by atoms with van der Waals surface area (Å²) in [5, 5.41) is 12.5. The molecule has 0 saturated heterocycles. The molecule has 6 nitrogen and oxygen atoms in total. The summed E-state index contributed by atoms with van der Waals surface area (Å²) < 4.78 is 8.01. The van der Waals surface area contributed by atoms with E-state index in [0.29, 0.717) is 11.0 Å². The van der Waals surface area contributed by atoms with E-state index in [-0.39, 0.29) is 23.7 Å². The molecule has 37 heavy (non-hydrogen) atoms. The zero-order valence-electron chi connectivity index (χ0n) is 22.3. The van der Waals surface area contributed by atoms with Gasteiger partial charge in [0, 0.05) is 11.4 Å². The minimum atomic E-state index is -0.0839. The van der Waals surface area contributed by atoms with Crippen molar-refractivity contribution < 1.29 is 9.53 Å². The second kappa shape index (κ2) is 11.2. The van der Waals surface area contributed by atoms with E-state index >= 15 is 0 Å². The van der Waals surface area contributed by atoms with Gasteiger partial charge in [0.1, 0.15) is 12.4 Å². The van der Waals surface area contributed by atoms with Gasteiger partial charge in [-0.2, -0.15) is 0 Å². The highest BCUT2D eigenvalue weighted by atomic mass is 32.2. The van der Waals surface area contributed by atoms with E-state index in [1.165, 1.54) is 22.9 Å². The minimum Gasteiger partial charge on any atom is -0.486 e. The van der Waals surface area contributed by atoms with Gasteiger partial charge in [-0.3, -0.25) is 9.36 Å². The molecule has 0 bridgehead atoms. The zero-order valence-corrected chi connectivity index (χ0v) is 23.1. The number of benzene rings is 3. The predicted octanol–water partition coefficient (Wildman–Crippen LogP) is 6.80. The number of para-hydroxylation sites is 1. The SMILES string of the molecule is Cc1cc(C)c(NC(=O)CSc2nnc(COc3ccc(C(C)(C)C)cc3)n2-c2ccccc2)c(C)c1. The summed E-state index contributed by atoms with van der Waals surface area (Å²) in [6, 6.07) is 22.2. The van der Waals surface area contributed by atoms with E-state index in [9.17, 15) is 4.79 Å². The number of nitrogens with zero attached hydrogens (tertiary/aromatic N) is 3. The van der Waals surface area contributed by atoms with Gasteiger partial charge >= 0.3 is 0 Å². The summed E-state index contributed by atoms with van der Waals surface area (Å²) in [7, 11) is 0. The molecule has 1 N–H and O–H groups in total. The fraction of sp³-hybridized carbons (Fsp3) is 0.300. The highest BCUT2D eigenvalue weighted by molar-refractivity contribution is 7.99. The van der Waals surface area contributed by atoms with Crippen LogP contribution in [0.15, 0.2) is 71.9 Å². The molecule has 4 rings (SSSR count). The number of thioether (sulfide) groups is 1. The van der Waals surface area contributed by atoms with Crippen molar-refractivity contribution in [3.05, 3.63) is 94.8 Å². The highest BCUT2D eigenvalue weighted by Crippen LogP contribution is 2.27. The van der Waals surface area contributed by atoms with Gasteiger partial charge < -0.3 is 10.1 Å². The molecule has 192 valence electrons. The molecule has 7 heteroatoms. The van der Waals surface area contributed by atoms with E-state index in [1.54, 1.807) is 0 Å². The Kier molecular flexibility index (Phi) is 8.03. The Labute approximate surface area is 223 Å². The first-order valence-corrected chi connectivity index (χ1v) is 13.3. The normalized spacial score (nSPS) is 11.4. The maximum absolute atomic E-state index is 12.8. The van der Waals surface area contributed by atoms with Crippen molar-refractivity contribution in [1.29, 1.82) is 0 Å². The number of carbonyl (C=O) groups excluding carboxylic acids is 1. The molecular formula is C30H34N4O2S. The van der Waals surface area contributed by atoms with Crippen LogP contribution < -0.4 is 10.1 Å². The third kappa shape index (κ3) is 6.60. The third-order valence-electron chi connectivity index (χ3n) is 6.08. The van der Waals surface area contributed by atoms with Crippen molar-refractivity contribution in [2.75, 3.05) is 11.1 Å². The van der Waals surface area contributed by atoms with Crippen LogP contribution in [0.2, 0.25) is 0 Å². The van der Waals surface area contributed by atoms with Gasteiger partial charge in [0.2, 0.25) is 5.91 Å². The first kappa shape index (κ1) is 26.5. The maximum Gasteiger partial charge on any atom is 0.234 e. The van der Waals surface area contributed by atoms with Gasteiger partial charge in [0.05, 0.1) is 5.75 Å². The van der Waals surface area contributed by atoms with Crippen LogP contribution >= 0.6 is 11.8 Å². The van der Waals surface area contributed by atoms with Crippen LogP contribution in [-0.4, -0.2) is 26.4 Å². The summed E-state index contributed by atoms with van der Waals surface area (Å²) in [6.07, 6.45) is 0. The second-order valence-electron chi connectivity index (χ2n) is 10.2. The molecule has 3 aromatic carbocycles. The molecule has 0 aliphatic rings. The first-order valence-electron chi connectivity index (χ1n) is 12.4. The molecule has 0 saturated carbocycles. The number of nitrogens with one attached hydrogen (secondary N) is 1. The molecular weight excluding hydrogens is 480 g/mol. The Balaban J connectivity index is 1.49. The van der Waals surface area contributed by atoms with Crippen LogP contribution in [0.25, 0.3) is 5.69 Å². The molecule has 0 unspecified atom stereocenters. The minimum absolute atomic E-state index is 0.0839. The van der Waals surface area contributed by atoms with Crippen molar-refractivity contribution >= 4 is 23.4 Å². The monoisotopic (exact) mass is 514 g/mol. The lowest BCUT2D eigenvalue weighted by Crippen LogP contribution is -2.16. The van der Waals surface area contributed by atoms with Gasteiger partial charge in [0.25, 0.3) is 0 Å². The maximum atomic E-state index is 12.8. The van der Waals surface area contributed by atoms with Crippen LogP contribution in [0.5, 0.6) is 5.75 Å². The van der Waals surface area contributed by atoms with Crippen LogP contribution in [-0.2, 0) is 16.8 Å². The van der Waals surface area contributed by atoms with Crippen molar-refractivity contribution in [1.82, 2.24) is 14.8 Å². The van der Waals surface area contributed by atoms with Crippen LogP contribution in [0.1, 0.15) is 48.8 Å². The predicted molar refractivity (Wildman–Crippen MR) is 151 cm³/mol. The molecule has 1 amide bonds. The van der Waals surface area contributed by atoms with Crippen molar-refractivity contribution in [3.8, 4) is 11.4 Å². The number of aryl methyl sites for hydroxylation is 3. The molecule has 0 atom stereocenters. The number of aromatic nitrogens is 3. The molecule has 0 spiro atoms. The largest absolute Gasteiger partial charge is 0.486 e. The van der Waals surface area contributed by atoms with Crippen molar-refractivity contribution in [2.45, 2.75) is 58.7 Å². The van der Waals surface area contributed by atoms with Gasteiger partial charge in [-0.05, 0) is 67.1 Å². The summed E-state index contributed by atoms with van der Waals surface area (Å²) >= 11 is 1.35. The average molecular weight is 515 g/mol. The van der Waals surface area contributed by atoms with Gasteiger partial charge in [-0.25, -0.2) is 0 Å². The summed E-state index contributed by atoms with van der Waals surface area (Å²) in [4.78, 5) is 12.8.